The van der Waals surface area contributed by atoms with Crippen molar-refractivity contribution in [1.82, 2.24) is 4.90 Å². The minimum absolute atomic E-state index is 0.0209. The zero-order valence-electron chi connectivity index (χ0n) is 17.4. The van der Waals surface area contributed by atoms with Crippen LogP contribution in [0.2, 0.25) is 0 Å². The van der Waals surface area contributed by atoms with E-state index < -0.39 is 49.5 Å². The Bertz CT molecular complexity index is 1190. The number of hydrogen-bond acceptors (Lipinski definition) is 8. The van der Waals surface area contributed by atoms with Gasteiger partial charge in [0.25, 0.3) is 23.0 Å². The van der Waals surface area contributed by atoms with Crippen LogP contribution in [-0.4, -0.2) is 51.8 Å². The number of nitro groups is 3. The first-order valence-corrected chi connectivity index (χ1v) is 9.64. The van der Waals surface area contributed by atoms with E-state index >= 15 is 0 Å². The molecule has 0 unspecified atom stereocenters. The van der Waals surface area contributed by atoms with Gasteiger partial charge < -0.3 is 9.80 Å². The van der Waals surface area contributed by atoms with Gasteiger partial charge in [-0.25, -0.2) is 0 Å². The number of amides is 1. The van der Waals surface area contributed by atoms with Gasteiger partial charge in [0.1, 0.15) is 5.69 Å². The van der Waals surface area contributed by atoms with E-state index in [4.69, 9.17) is 0 Å². The van der Waals surface area contributed by atoms with Crippen LogP contribution in [0, 0.1) is 37.3 Å². The van der Waals surface area contributed by atoms with Gasteiger partial charge in [-0.1, -0.05) is 0 Å². The molecule has 1 aliphatic heterocycles. The Morgan fingerprint density at radius 1 is 0.882 bits per heavy atom. The van der Waals surface area contributed by atoms with E-state index in [1.807, 2.05) is 0 Å². The highest BCUT2D eigenvalue weighted by molar-refractivity contribution is 5.97. The zero-order chi connectivity index (χ0) is 25.4. The zero-order valence-corrected chi connectivity index (χ0v) is 17.4. The van der Waals surface area contributed by atoms with Crippen LogP contribution in [0.25, 0.3) is 0 Å². The SMILES string of the molecule is Cc1c(C(=O)N2CCN(c3ccc(C(F)(F)F)cc3[N+](=O)[O-])CC2)cc([N+](=O)[O-])cc1[N+](=O)[O-]. The van der Waals surface area contributed by atoms with E-state index in [2.05, 4.69) is 0 Å². The van der Waals surface area contributed by atoms with E-state index in [9.17, 15) is 48.3 Å². The van der Waals surface area contributed by atoms with E-state index in [-0.39, 0.29) is 43.0 Å². The summed E-state index contributed by atoms with van der Waals surface area (Å²) in [6.07, 6.45) is -4.76. The Kier molecular flexibility index (Phi) is 6.38. The number of anilines is 1. The van der Waals surface area contributed by atoms with Gasteiger partial charge in [0, 0.05) is 43.9 Å². The number of non-ortho nitro benzene ring substituents is 1. The summed E-state index contributed by atoms with van der Waals surface area (Å²) in [5.41, 5.74) is -3.45. The molecule has 12 nitrogen and oxygen atoms in total. The van der Waals surface area contributed by atoms with Gasteiger partial charge >= 0.3 is 6.18 Å². The molecule has 0 atom stereocenters. The summed E-state index contributed by atoms with van der Waals surface area (Å²) in [6, 6.07) is 3.86. The van der Waals surface area contributed by atoms with Crippen LogP contribution in [0.4, 0.5) is 35.9 Å². The van der Waals surface area contributed by atoms with Crippen LogP contribution in [-0.2, 0) is 6.18 Å². The van der Waals surface area contributed by atoms with Gasteiger partial charge in [-0.05, 0) is 19.1 Å². The average molecular weight is 483 g/mol. The van der Waals surface area contributed by atoms with Crippen molar-refractivity contribution in [2.45, 2.75) is 13.1 Å². The van der Waals surface area contributed by atoms with Crippen molar-refractivity contribution in [3.05, 3.63) is 77.4 Å². The van der Waals surface area contributed by atoms with E-state index in [0.717, 1.165) is 24.3 Å². The first kappa shape index (κ1) is 24.3. The lowest BCUT2D eigenvalue weighted by atomic mass is 10.0. The molecule has 1 aliphatic rings. The first-order chi connectivity index (χ1) is 15.8. The van der Waals surface area contributed by atoms with E-state index in [1.165, 1.54) is 16.7 Å². The van der Waals surface area contributed by atoms with Crippen molar-refractivity contribution in [2.75, 3.05) is 31.1 Å². The van der Waals surface area contributed by atoms with Crippen molar-refractivity contribution in [2.24, 2.45) is 0 Å². The van der Waals surface area contributed by atoms with Crippen molar-refractivity contribution < 1.29 is 32.7 Å². The van der Waals surface area contributed by atoms with E-state index in [0.29, 0.717) is 6.07 Å². The second-order valence-corrected chi connectivity index (χ2v) is 7.39. The quantitative estimate of drug-likeness (QED) is 0.461. The number of carbonyl (C=O) groups is 1. The molecule has 0 N–H and O–H groups in total. The molecule has 1 amide bonds. The molecule has 0 spiro atoms. The molecule has 0 aliphatic carbocycles. The number of halogens is 3. The van der Waals surface area contributed by atoms with Crippen molar-refractivity contribution in [3.63, 3.8) is 0 Å². The summed E-state index contributed by atoms with van der Waals surface area (Å²) in [6.45, 7) is 1.29. The van der Waals surface area contributed by atoms with Crippen LogP contribution in [0.5, 0.6) is 0 Å². The number of hydrogen-bond donors (Lipinski definition) is 0. The summed E-state index contributed by atoms with van der Waals surface area (Å²) in [4.78, 5) is 46.8. The Hall–Kier alpha value is -4.30. The lowest BCUT2D eigenvalue weighted by Gasteiger charge is -2.36. The molecular weight excluding hydrogens is 467 g/mol. The molecule has 1 fully saturated rings. The molecular formula is C19H16F3N5O7. The van der Waals surface area contributed by atoms with E-state index in [1.54, 1.807) is 0 Å². The first-order valence-electron chi connectivity index (χ1n) is 9.64. The minimum atomic E-state index is -4.76. The minimum Gasteiger partial charge on any atom is -0.362 e. The van der Waals surface area contributed by atoms with Gasteiger partial charge in [-0.3, -0.25) is 35.1 Å². The third-order valence-electron chi connectivity index (χ3n) is 5.41. The van der Waals surface area contributed by atoms with Gasteiger partial charge in [0.2, 0.25) is 0 Å². The van der Waals surface area contributed by atoms with Gasteiger partial charge in [0.05, 0.1) is 32.0 Å². The summed E-state index contributed by atoms with van der Waals surface area (Å²) in [5, 5.41) is 33.7. The summed E-state index contributed by atoms with van der Waals surface area (Å²) in [7, 11) is 0. The molecule has 180 valence electrons. The summed E-state index contributed by atoms with van der Waals surface area (Å²) < 4.78 is 38.8. The molecule has 1 heterocycles. The topological polar surface area (TPSA) is 153 Å². The monoisotopic (exact) mass is 483 g/mol. The third kappa shape index (κ3) is 4.72. The highest BCUT2D eigenvalue weighted by Crippen LogP contribution is 2.37. The number of alkyl halides is 3. The van der Waals surface area contributed by atoms with Crippen LogP contribution in [0.1, 0.15) is 21.5 Å². The van der Waals surface area contributed by atoms with Gasteiger partial charge in [-0.15, -0.1) is 0 Å². The maximum Gasteiger partial charge on any atom is 0.416 e. The predicted molar refractivity (Wildman–Crippen MR) is 111 cm³/mol. The molecule has 0 bridgehead atoms. The average Bonchev–Trinajstić information content (AvgIpc) is 2.77. The molecule has 0 saturated carbocycles. The number of nitro benzene ring substituents is 3. The molecule has 2 aromatic rings. The number of rotatable bonds is 5. The fraction of sp³-hybridized carbons (Fsp3) is 0.316. The van der Waals surface area contributed by atoms with Gasteiger partial charge in [-0.2, -0.15) is 13.2 Å². The predicted octanol–water partition coefficient (Wildman–Crippen LogP) is 3.70. The fourth-order valence-corrected chi connectivity index (χ4v) is 3.64. The maximum absolute atomic E-state index is 13.0. The number of carbonyl (C=O) groups excluding carboxylic acids is 1. The molecule has 0 radical (unpaired) electrons. The Labute approximate surface area is 188 Å². The highest BCUT2D eigenvalue weighted by atomic mass is 19.4. The number of benzene rings is 2. The lowest BCUT2D eigenvalue weighted by molar-refractivity contribution is -0.394. The lowest BCUT2D eigenvalue weighted by Crippen LogP contribution is -2.49. The molecule has 34 heavy (non-hydrogen) atoms. The second-order valence-electron chi connectivity index (χ2n) is 7.39. The standard InChI is InChI=1S/C19H16F3N5O7/c1-11-14(9-13(25(29)30)10-16(11)26(31)32)18(28)24-6-4-23(5-7-24)15-3-2-12(19(20,21)22)8-17(15)27(33)34/h2-3,8-10H,4-7H2,1H3. The van der Waals surface area contributed by atoms with Crippen LogP contribution >= 0.6 is 0 Å². The normalized spacial score (nSPS) is 14.1. The number of piperazine rings is 1. The highest BCUT2D eigenvalue weighted by Gasteiger charge is 2.35. The molecule has 15 heteroatoms. The van der Waals surface area contributed by atoms with Crippen molar-refractivity contribution >= 4 is 28.7 Å². The van der Waals surface area contributed by atoms with Crippen LogP contribution in [0.3, 0.4) is 0 Å². The van der Waals surface area contributed by atoms with Crippen LogP contribution in [0.15, 0.2) is 30.3 Å². The molecule has 3 rings (SSSR count). The summed E-state index contributed by atoms with van der Waals surface area (Å²) in [5.74, 6) is -0.703. The Morgan fingerprint density at radius 2 is 1.47 bits per heavy atom. The Balaban J connectivity index is 1.85. The fourth-order valence-electron chi connectivity index (χ4n) is 3.64. The number of nitrogens with zero attached hydrogens (tertiary/aromatic N) is 5. The second kappa shape index (κ2) is 8.92. The largest absolute Gasteiger partial charge is 0.416 e. The van der Waals surface area contributed by atoms with Crippen molar-refractivity contribution in [3.8, 4) is 0 Å². The maximum atomic E-state index is 13.0. The molecule has 1 saturated heterocycles. The molecule has 2 aromatic carbocycles. The van der Waals surface area contributed by atoms with Crippen molar-refractivity contribution in [1.29, 1.82) is 0 Å². The summed E-state index contributed by atoms with van der Waals surface area (Å²) >= 11 is 0. The molecule has 0 aromatic heterocycles. The smallest absolute Gasteiger partial charge is 0.362 e. The van der Waals surface area contributed by atoms with Crippen LogP contribution < -0.4 is 4.90 Å². The van der Waals surface area contributed by atoms with Gasteiger partial charge in [0.15, 0.2) is 0 Å². The Morgan fingerprint density at radius 3 is 1.97 bits per heavy atom. The third-order valence-corrected chi connectivity index (χ3v) is 5.41.